The molecule has 9 heteroatoms. The molecule has 3 aromatic rings. The van der Waals surface area contributed by atoms with Gasteiger partial charge in [-0.15, -0.1) is 0 Å². The SMILES string of the molecule is CN(c1ccc(F)cc1)S(=O)(=O)c1ccc(Cl)c(C(=O)Nc2cccc(F)c2)c1. The van der Waals surface area contributed by atoms with Gasteiger partial charge in [0.15, 0.2) is 0 Å². The summed E-state index contributed by atoms with van der Waals surface area (Å²) >= 11 is 6.07. The molecule has 3 rings (SSSR count). The lowest BCUT2D eigenvalue weighted by molar-refractivity contribution is 0.102. The van der Waals surface area contributed by atoms with Crippen molar-refractivity contribution in [3.05, 3.63) is 89.0 Å². The molecule has 0 radical (unpaired) electrons. The van der Waals surface area contributed by atoms with Gasteiger partial charge in [-0.2, -0.15) is 0 Å². The predicted molar refractivity (Wildman–Crippen MR) is 108 cm³/mol. The maximum absolute atomic E-state index is 13.3. The third-order valence-electron chi connectivity index (χ3n) is 4.11. The molecule has 29 heavy (non-hydrogen) atoms. The summed E-state index contributed by atoms with van der Waals surface area (Å²) in [5, 5.41) is 2.50. The fourth-order valence-corrected chi connectivity index (χ4v) is 3.98. The van der Waals surface area contributed by atoms with E-state index >= 15 is 0 Å². The van der Waals surface area contributed by atoms with Crippen molar-refractivity contribution in [2.24, 2.45) is 0 Å². The highest BCUT2D eigenvalue weighted by Crippen LogP contribution is 2.26. The van der Waals surface area contributed by atoms with E-state index in [-0.39, 0.29) is 26.9 Å². The van der Waals surface area contributed by atoms with Gasteiger partial charge in [-0.25, -0.2) is 17.2 Å². The average Bonchev–Trinajstić information content (AvgIpc) is 2.68. The molecule has 0 saturated heterocycles. The van der Waals surface area contributed by atoms with Crippen LogP contribution >= 0.6 is 11.6 Å². The number of hydrogen-bond acceptors (Lipinski definition) is 3. The molecule has 5 nitrogen and oxygen atoms in total. The molecule has 0 bridgehead atoms. The van der Waals surface area contributed by atoms with Crippen LogP contribution in [0.4, 0.5) is 20.2 Å². The molecule has 0 aliphatic heterocycles. The lowest BCUT2D eigenvalue weighted by atomic mass is 10.2. The van der Waals surface area contributed by atoms with Crippen LogP contribution in [-0.2, 0) is 10.0 Å². The zero-order valence-corrected chi connectivity index (χ0v) is 16.6. The summed E-state index contributed by atoms with van der Waals surface area (Å²) in [6.07, 6.45) is 0. The molecule has 3 aromatic carbocycles. The van der Waals surface area contributed by atoms with Gasteiger partial charge < -0.3 is 5.32 Å². The number of halogens is 3. The molecule has 0 unspecified atom stereocenters. The molecule has 0 spiro atoms. The number of nitrogens with zero attached hydrogens (tertiary/aromatic N) is 1. The average molecular weight is 437 g/mol. The Morgan fingerprint density at radius 1 is 0.966 bits per heavy atom. The molecule has 0 aliphatic carbocycles. The number of amides is 1. The molecule has 0 aliphatic rings. The largest absolute Gasteiger partial charge is 0.322 e. The van der Waals surface area contributed by atoms with Crippen molar-refractivity contribution < 1.29 is 22.0 Å². The van der Waals surface area contributed by atoms with Gasteiger partial charge >= 0.3 is 0 Å². The predicted octanol–water partition coefficient (Wildman–Crippen LogP) is 4.70. The monoisotopic (exact) mass is 436 g/mol. The van der Waals surface area contributed by atoms with Crippen LogP contribution in [0.1, 0.15) is 10.4 Å². The molecule has 0 saturated carbocycles. The van der Waals surface area contributed by atoms with Gasteiger partial charge in [0.05, 0.1) is 21.2 Å². The molecule has 0 heterocycles. The highest BCUT2D eigenvalue weighted by molar-refractivity contribution is 7.92. The maximum atomic E-state index is 13.3. The Kier molecular flexibility index (Phi) is 5.86. The standard InChI is InChI=1S/C20H15ClF2N2O3S/c1-25(16-7-5-13(22)6-8-16)29(27,28)17-9-10-19(21)18(12-17)20(26)24-15-4-2-3-14(23)11-15/h2-12H,1H3,(H,24,26). The first-order chi connectivity index (χ1) is 13.7. The fraction of sp³-hybridized carbons (Fsp3) is 0.0500. The number of sulfonamides is 1. The molecule has 0 aromatic heterocycles. The smallest absolute Gasteiger partial charge is 0.264 e. The number of nitrogens with one attached hydrogen (secondary N) is 1. The van der Waals surface area contributed by atoms with Gasteiger partial charge in [0, 0.05) is 12.7 Å². The Balaban J connectivity index is 1.93. The first-order valence-electron chi connectivity index (χ1n) is 8.29. The van der Waals surface area contributed by atoms with Crippen LogP contribution in [0, 0.1) is 11.6 Å². The van der Waals surface area contributed by atoms with Crippen LogP contribution in [-0.4, -0.2) is 21.4 Å². The Hall–Kier alpha value is -2.97. The lowest BCUT2D eigenvalue weighted by Crippen LogP contribution is -2.27. The topological polar surface area (TPSA) is 66.5 Å². The summed E-state index contributed by atoms with van der Waals surface area (Å²) in [5.41, 5.74) is 0.347. The van der Waals surface area contributed by atoms with Crippen molar-refractivity contribution in [1.82, 2.24) is 0 Å². The number of carbonyl (C=O) groups excluding carboxylic acids is 1. The van der Waals surface area contributed by atoms with E-state index in [9.17, 15) is 22.0 Å². The highest BCUT2D eigenvalue weighted by Gasteiger charge is 2.24. The molecule has 1 N–H and O–H groups in total. The van der Waals surface area contributed by atoms with Crippen molar-refractivity contribution in [3.63, 3.8) is 0 Å². The normalized spacial score (nSPS) is 11.2. The quantitative estimate of drug-likeness (QED) is 0.630. The number of carbonyl (C=O) groups is 1. The van der Waals surface area contributed by atoms with Gasteiger partial charge in [0.25, 0.3) is 15.9 Å². The zero-order valence-electron chi connectivity index (χ0n) is 15.1. The molecule has 1 amide bonds. The summed E-state index contributed by atoms with van der Waals surface area (Å²) in [7, 11) is -2.74. The summed E-state index contributed by atoms with van der Waals surface area (Å²) in [6.45, 7) is 0. The van der Waals surface area contributed by atoms with Crippen LogP contribution in [0.25, 0.3) is 0 Å². The van der Waals surface area contributed by atoms with Crippen LogP contribution in [0.3, 0.4) is 0 Å². The van der Waals surface area contributed by atoms with Crippen LogP contribution in [0.2, 0.25) is 5.02 Å². The van der Waals surface area contributed by atoms with Gasteiger partial charge in [-0.1, -0.05) is 17.7 Å². The van der Waals surface area contributed by atoms with Crippen molar-refractivity contribution in [3.8, 4) is 0 Å². The van der Waals surface area contributed by atoms with E-state index in [4.69, 9.17) is 11.6 Å². The van der Waals surface area contributed by atoms with Crippen molar-refractivity contribution >= 4 is 38.9 Å². The van der Waals surface area contributed by atoms with Crippen molar-refractivity contribution in [2.75, 3.05) is 16.7 Å². The van der Waals surface area contributed by atoms with Crippen molar-refractivity contribution in [1.29, 1.82) is 0 Å². The second-order valence-corrected chi connectivity index (χ2v) is 8.43. The molecule has 0 fully saturated rings. The third-order valence-corrected chi connectivity index (χ3v) is 6.22. The summed E-state index contributed by atoms with van der Waals surface area (Å²) in [5.74, 6) is -1.73. The van der Waals surface area contributed by atoms with Crippen LogP contribution < -0.4 is 9.62 Å². The third kappa shape index (κ3) is 4.55. The minimum atomic E-state index is -4.04. The number of hydrogen-bond donors (Lipinski definition) is 1. The second-order valence-electron chi connectivity index (χ2n) is 6.06. The van der Waals surface area contributed by atoms with E-state index in [2.05, 4.69) is 5.32 Å². The van der Waals surface area contributed by atoms with E-state index in [1.807, 2.05) is 0 Å². The minimum absolute atomic E-state index is 0.0299. The van der Waals surface area contributed by atoms with E-state index in [0.717, 1.165) is 28.6 Å². The fourth-order valence-electron chi connectivity index (χ4n) is 2.55. The van der Waals surface area contributed by atoms with Crippen LogP contribution in [0.15, 0.2) is 71.6 Å². The number of benzene rings is 3. The zero-order chi connectivity index (χ0) is 21.2. The summed E-state index contributed by atoms with van der Waals surface area (Å²) < 4.78 is 53.2. The number of rotatable bonds is 5. The summed E-state index contributed by atoms with van der Waals surface area (Å²) in [6, 6.07) is 13.8. The van der Waals surface area contributed by atoms with Crippen LogP contribution in [0.5, 0.6) is 0 Å². The first-order valence-corrected chi connectivity index (χ1v) is 10.1. The molecule has 150 valence electrons. The molecular formula is C20H15ClF2N2O3S. The maximum Gasteiger partial charge on any atom is 0.264 e. The van der Waals surface area contributed by atoms with Crippen molar-refractivity contribution in [2.45, 2.75) is 4.90 Å². The van der Waals surface area contributed by atoms with Gasteiger partial charge in [0.2, 0.25) is 0 Å². The Morgan fingerprint density at radius 3 is 2.31 bits per heavy atom. The summed E-state index contributed by atoms with van der Waals surface area (Å²) in [4.78, 5) is 12.4. The second kappa shape index (κ2) is 8.18. The Morgan fingerprint density at radius 2 is 1.66 bits per heavy atom. The minimum Gasteiger partial charge on any atom is -0.322 e. The number of anilines is 2. The van der Waals surface area contributed by atoms with E-state index in [1.54, 1.807) is 0 Å². The molecular weight excluding hydrogens is 422 g/mol. The van der Waals surface area contributed by atoms with E-state index in [0.29, 0.717) is 0 Å². The Bertz CT molecular complexity index is 1170. The first kappa shape index (κ1) is 20.8. The van der Waals surface area contributed by atoms with Gasteiger partial charge in [-0.3, -0.25) is 9.10 Å². The lowest BCUT2D eigenvalue weighted by Gasteiger charge is -2.20. The highest BCUT2D eigenvalue weighted by atomic mass is 35.5. The van der Waals surface area contributed by atoms with E-state index < -0.39 is 27.6 Å². The molecule has 0 atom stereocenters. The van der Waals surface area contributed by atoms with Gasteiger partial charge in [0.1, 0.15) is 11.6 Å². The van der Waals surface area contributed by atoms with E-state index in [1.165, 1.54) is 49.5 Å². The Labute approximate surface area is 171 Å². The van der Waals surface area contributed by atoms with Gasteiger partial charge in [-0.05, 0) is 60.7 Å².